The van der Waals surface area contributed by atoms with E-state index in [4.69, 9.17) is 11.1 Å². The van der Waals surface area contributed by atoms with E-state index in [1.807, 2.05) is 4.98 Å². The molecule has 4 rings (SSSR count). The molecule has 4 aromatic rings. The van der Waals surface area contributed by atoms with Crippen molar-refractivity contribution >= 4 is 46.5 Å². The van der Waals surface area contributed by atoms with Gasteiger partial charge in [0.15, 0.2) is 0 Å². The van der Waals surface area contributed by atoms with Gasteiger partial charge in [0.2, 0.25) is 11.7 Å². The van der Waals surface area contributed by atoms with E-state index in [2.05, 4.69) is 21.3 Å². The second-order valence-electron chi connectivity index (χ2n) is 11.4. The van der Waals surface area contributed by atoms with Crippen LogP contribution >= 0.6 is 0 Å². The molecule has 0 unspecified atom stereocenters. The van der Waals surface area contributed by atoms with Crippen LogP contribution in [0.15, 0.2) is 52.6 Å². The summed E-state index contributed by atoms with van der Waals surface area (Å²) in [6, 6.07) is 4.54. The van der Waals surface area contributed by atoms with Gasteiger partial charge in [0, 0.05) is 65.7 Å². The average molecular weight is 680 g/mol. The Bertz CT molecular complexity index is 2020. The summed E-state index contributed by atoms with van der Waals surface area (Å²) in [4.78, 5) is 75.8. The fraction of sp³-hybridized carbons (Fsp3) is 0.323. The van der Waals surface area contributed by atoms with E-state index in [1.54, 1.807) is 48.9 Å². The van der Waals surface area contributed by atoms with Crippen molar-refractivity contribution in [2.24, 2.45) is 26.9 Å². The largest absolute Gasteiger partial charge is 0.388 e. The Kier molecular flexibility index (Phi) is 11.3. The van der Waals surface area contributed by atoms with Crippen molar-refractivity contribution in [1.82, 2.24) is 28.6 Å². The maximum Gasteiger partial charge on any atom is 0.328 e. The zero-order chi connectivity index (χ0) is 35.8. The molecule has 0 aromatic carbocycles. The number of amidine groups is 1. The van der Waals surface area contributed by atoms with E-state index >= 15 is 0 Å². The van der Waals surface area contributed by atoms with Gasteiger partial charge >= 0.3 is 5.69 Å². The highest BCUT2D eigenvalue weighted by Crippen LogP contribution is 2.20. The third-order valence-electron chi connectivity index (χ3n) is 7.46. The molecule has 17 nitrogen and oxygen atoms in total. The molecule has 0 spiro atoms. The number of carbonyl (C=O) groups is 4. The number of hydrogen-bond donors (Lipinski definition) is 7. The van der Waals surface area contributed by atoms with Crippen molar-refractivity contribution < 1.29 is 23.6 Å². The molecule has 0 aliphatic heterocycles. The number of nitrogens with one attached hydrogen (secondary N) is 6. The van der Waals surface area contributed by atoms with Gasteiger partial charge in [-0.25, -0.2) is 4.79 Å². The van der Waals surface area contributed by atoms with Crippen LogP contribution in [0, 0.1) is 11.2 Å². The quantitative estimate of drug-likeness (QED) is 0.0554. The van der Waals surface area contributed by atoms with Gasteiger partial charge in [-0.3, -0.25) is 38.9 Å². The third kappa shape index (κ3) is 9.43. The maximum absolute atomic E-state index is 13.4. The average Bonchev–Trinajstić information content (AvgIpc) is 3.70. The number of aromatic nitrogens is 5. The summed E-state index contributed by atoms with van der Waals surface area (Å²) >= 11 is 0. The number of amides is 4. The summed E-state index contributed by atoms with van der Waals surface area (Å²) in [5, 5.41) is 18.2. The summed E-state index contributed by atoms with van der Waals surface area (Å²) in [6.07, 6.45) is 7.57. The van der Waals surface area contributed by atoms with Crippen LogP contribution in [0.3, 0.4) is 0 Å². The zero-order valence-corrected chi connectivity index (χ0v) is 27.2. The van der Waals surface area contributed by atoms with Crippen molar-refractivity contribution in [3.8, 4) is 0 Å². The first-order valence-electron chi connectivity index (χ1n) is 15.2. The highest BCUT2D eigenvalue weighted by Gasteiger charge is 2.19. The van der Waals surface area contributed by atoms with Crippen molar-refractivity contribution in [2.45, 2.75) is 38.6 Å². The van der Waals surface area contributed by atoms with Gasteiger partial charge in [0.25, 0.3) is 23.3 Å². The van der Waals surface area contributed by atoms with E-state index in [9.17, 15) is 33.2 Å². The number of hydrogen-bond acceptors (Lipinski definition) is 7. The summed E-state index contributed by atoms with van der Waals surface area (Å²) in [7, 11) is 4.94. The van der Waals surface area contributed by atoms with Gasteiger partial charge in [-0.1, -0.05) is 6.42 Å². The first kappa shape index (κ1) is 35.7. The highest BCUT2D eigenvalue weighted by atomic mass is 19.1. The van der Waals surface area contributed by atoms with Crippen LogP contribution < -0.4 is 38.2 Å². The van der Waals surface area contributed by atoms with Gasteiger partial charge in [-0.15, -0.1) is 0 Å². The normalized spacial score (nSPS) is 10.9. The number of carbonyl (C=O) groups excluding carboxylic acids is 4. The predicted molar refractivity (Wildman–Crippen MR) is 179 cm³/mol. The second-order valence-corrected chi connectivity index (χ2v) is 11.4. The minimum Gasteiger partial charge on any atom is -0.388 e. The Balaban J connectivity index is 1.27. The lowest BCUT2D eigenvalue weighted by molar-refractivity contribution is -0.116. The Morgan fingerprint density at radius 3 is 1.80 bits per heavy atom. The minimum absolute atomic E-state index is 0.0415. The van der Waals surface area contributed by atoms with Gasteiger partial charge in [-0.2, -0.15) is 4.39 Å². The van der Waals surface area contributed by atoms with Crippen molar-refractivity contribution in [3.05, 3.63) is 86.7 Å². The maximum atomic E-state index is 13.4. The van der Waals surface area contributed by atoms with Gasteiger partial charge in [0.05, 0.1) is 29.1 Å². The second kappa shape index (κ2) is 15.6. The molecule has 260 valence electrons. The monoisotopic (exact) mass is 679 g/mol. The number of unbranched alkanes of at least 4 members (excludes halogenated alkanes) is 2. The van der Waals surface area contributed by atoms with Gasteiger partial charge < -0.3 is 40.7 Å². The number of H-pyrrole nitrogens is 1. The molecule has 18 heteroatoms. The number of nitrogens with zero attached hydrogens (tertiary/aromatic N) is 4. The van der Waals surface area contributed by atoms with Crippen LogP contribution in [0.5, 0.6) is 0 Å². The molecule has 49 heavy (non-hydrogen) atoms. The highest BCUT2D eigenvalue weighted by molar-refractivity contribution is 6.07. The van der Waals surface area contributed by atoms with Crippen LogP contribution in [0.25, 0.3) is 0 Å². The van der Waals surface area contributed by atoms with Gasteiger partial charge in [0.1, 0.15) is 17.1 Å². The minimum atomic E-state index is -1.07. The van der Waals surface area contributed by atoms with E-state index < -0.39 is 28.9 Å². The molecule has 8 N–H and O–H groups in total. The molecular weight excluding hydrogens is 641 g/mol. The summed E-state index contributed by atoms with van der Waals surface area (Å²) in [5.41, 5.74) is 5.49. The molecule has 4 aromatic heterocycles. The number of aryl methyl sites for hydroxylation is 4. The third-order valence-corrected chi connectivity index (χ3v) is 7.46. The molecular formula is C31H38FN11O6. The van der Waals surface area contributed by atoms with E-state index in [0.717, 1.165) is 10.8 Å². The fourth-order valence-corrected chi connectivity index (χ4v) is 4.98. The lowest BCUT2D eigenvalue weighted by Crippen LogP contribution is -2.31. The van der Waals surface area contributed by atoms with Crippen molar-refractivity contribution in [1.29, 1.82) is 5.41 Å². The Hall–Kier alpha value is -6.20. The summed E-state index contributed by atoms with van der Waals surface area (Å²) in [5.74, 6) is -2.69. The number of halogens is 1. The topological polar surface area (TPSA) is 236 Å². The first-order chi connectivity index (χ1) is 23.2. The molecule has 0 aliphatic carbocycles. The van der Waals surface area contributed by atoms with Crippen molar-refractivity contribution in [3.63, 3.8) is 0 Å². The number of nitrogens with two attached hydrogens (primary N) is 1. The molecule has 0 fully saturated rings. The summed E-state index contributed by atoms with van der Waals surface area (Å²) < 4.78 is 19.1. The zero-order valence-electron chi connectivity index (χ0n) is 27.2. The van der Waals surface area contributed by atoms with E-state index in [-0.39, 0.29) is 55.0 Å². The molecule has 4 heterocycles. The predicted octanol–water partition coefficient (Wildman–Crippen LogP) is 1.45. The van der Waals surface area contributed by atoms with E-state index in [0.29, 0.717) is 42.0 Å². The fourth-order valence-electron chi connectivity index (χ4n) is 4.98. The summed E-state index contributed by atoms with van der Waals surface area (Å²) in [6.45, 7) is 0.398. The molecule has 0 aliphatic rings. The van der Waals surface area contributed by atoms with Crippen LogP contribution in [0.4, 0.5) is 21.5 Å². The molecule has 4 amide bonds. The number of aromatic amines is 1. The Morgan fingerprint density at radius 1 is 0.755 bits per heavy atom. The SMILES string of the molecule is Cn1cc(NC(=O)c2cc(NC(=O)c3cc(NC(=O)CCCCCn4cc(F)c(=O)[nH]c4=O)cn3C)cn2C)cc1C(=O)NCCC(=N)N. The van der Waals surface area contributed by atoms with Gasteiger partial charge in [-0.05, 0) is 31.0 Å². The molecule has 0 radical (unpaired) electrons. The van der Waals surface area contributed by atoms with Crippen LogP contribution in [0.1, 0.15) is 63.6 Å². The van der Waals surface area contributed by atoms with Crippen LogP contribution in [-0.4, -0.2) is 59.3 Å². The molecule has 0 saturated heterocycles. The Labute approximate surface area is 278 Å². The smallest absolute Gasteiger partial charge is 0.328 e. The Morgan fingerprint density at radius 2 is 1.27 bits per heavy atom. The lowest BCUT2D eigenvalue weighted by atomic mass is 10.2. The molecule has 0 atom stereocenters. The first-order valence-corrected chi connectivity index (χ1v) is 15.2. The van der Waals surface area contributed by atoms with Crippen molar-refractivity contribution in [2.75, 3.05) is 22.5 Å². The van der Waals surface area contributed by atoms with Crippen LogP contribution in [-0.2, 0) is 32.5 Å². The molecule has 0 saturated carbocycles. The van der Waals surface area contributed by atoms with Crippen LogP contribution in [0.2, 0.25) is 0 Å². The molecule has 0 bridgehead atoms. The van der Waals surface area contributed by atoms with E-state index in [1.165, 1.54) is 22.8 Å². The lowest BCUT2D eigenvalue weighted by Gasteiger charge is -2.05. The number of rotatable bonds is 15. The number of anilines is 3. The standard InChI is InChI=1S/C31H38FN11O6/c1-40-15-19(12-22(40)28(46)35-9-8-25(33)34)37-30(48)24-13-20(16-42(24)3)38-29(47)23-11-18(14-41(23)2)36-26(44)7-5-4-6-10-43-17-21(32)27(45)39-31(43)49/h11-17H,4-10H2,1-3H3,(H3,33,34)(H,35,46)(H,36,44)(H,37,48)(H,38,47)(H,39,45,49).